The van der Waals surface area contributed by atoms with Crippen molar-refractivity contribution in [1.82, 2.24) is 10.6 Å². The molecule has 0 spiro atoms. The van der Waals surface area contributed by atoms with Gasteiger partial charge in [-0.15, -0.1) is 12.4 Å². The van der Waals surface area contributed by atoms with Gasteiger partial charge in [-0.1, -0.05) is 23.8 Å². The largest absolute Gasteiger partial charge is 0.353 e. The molecule has 2 rings (SSSR count). The summed E-state index contributed by atoms with van der Waals surface area (Å²) in [5.41, 5.74) is 3.93. The van der Waals surface area contributed by atoms with Crippen LogP contribution in [0.2, 0.25) is 0 Å². The Labute approximate surface area is 134 Å². The van der Waals surface area contributed by atoms with Crippen LogP contribution in [0.5, 0.6) is 0 Å². The third-order valence-corrected chi connectivity index (χ3v) is 4.12. The van der Waals surface area contributed by atoms with Crippen molar-refractivity contribution in [3.63, 3.8) is 0 Å². The molecule has 0 bridgehead atoms. The maximum atomic E-state index is 12.2. The lowest BCUT2D eigenvalue weighted by Crippen LogP contribution is -2.42. The van der Waals surface area contributed by atoms with Crippen LogP contribution in [0.4, 0.5) is 0 Å². The molecule has 2 N–H and O–H groups in total. The second-order valence-electron chi connectivity index (χ2n) is 6.07. The van der Waals surface area contributed by atoms with Crippen molar-refractivity contribution in [2.24, 2.45) is 5.92 Å². The Morgan fingerprint density at radius 3 is 2.62 bits per heavy atom. The maximum absolute atomic E-state index is 12.2. The molecular formula is C17H27ClN2O. The van der Waals surface area contributed by atoms with Gasteiger partial charge in [0.25, 0.3) is 0 Å². The van der Waals surface area contributed by atoms with Gasteiger partial charge in [-0.2, -0.15) is 0 Å². The van der Waals surface area contributed by atoms with E-state index in [0.717, 1.165) is 32.4 Å². The first-order valence-electron chi connectivity index (χ1n) is 7.63. The van der Waals surface area contributed by atoms with Crippen molar-refractivity contribution in [1.29, 1.82) is 0 Å². The lowest BCUT2D eigenvalue weighted by Gasteiger charge is -2.24. The fourth-order valence-electron chi connectivity index (χ4n) is 2.90. The molecule has 1 unspecified atom stereocenters. The highest BCUT2D eigenvalue weighted by molar-refractivity contribution is 5.85. The number of amides is 1. The molecule has 1 heterocycles. The molecule has 1 amide bonds. The first kappa shape index (κ1) is 18.0. The molecule has 3 nitrogen and oxygen atoms in total. The topological polar surface area (TPSA) is 41.1 Å². The van der Waals surface area contributed by atoms with Gasteiger partial charge in [0.1, 0.15) is 0 Å². The van der Waals surface area contributed by atoms with Crippen LogP contribution < -0.4 is 10.6 Å². The molecule has 0 aliphatic carbocycles. The molecule has 1 aromatic rings. The Balaban J connectivity index is 0.00000220. The number of rotatable bonds is 4. The average Bonchev–Trinajstić information content (AvgIpc) is 2.43. The lowest BCUT2D eigenvalue weighted by atomic mass is 9.96. The van der Waals surface area contributed by atoms with E-state index in [2.05, 4.69) is 49.6 Å². The number of piperidine rings is 1. The van der Waals surface area contributed by atoms with E-state index in [9.17, 15) is 4.79 Å². The predicted octanol–water partition coefficient (Wildman–Crippen LogP) is 2.77. The number of halogens is 1. The van der Waals surface area contributed by atoms with E-state index < -0.39 is 0 Å². The summed E-state index contributed by atoms with van der Waals surface area (Å²) in [4.78, 5) is 12.2. The maximum Gasteiger partial charge on any atom is 0.223 e. The van der Waals surface area contributed by atoms with Crippen LogP contribution >= 0.6 is 12.4 Å². The van der Waals surface area contributed by atoms with E-state index in [4.69, 9.17) is 0 Å². The summed E-state index contributed by atoms with van der Waals surface area (Å²) in [6.07, 6.45) is 2.83. The summed E-state index contributed by atoms with van der Waals surface area (Å²) in [6, 6.07) is 6.72. The van der Waals surface area contributed by atoms with Gasteiger partial charge in [-0.25, -0.2) is 0 Å². The number of aryl methyl sites for hydroxylation is 2. The normalized spacial score (nSPS) is 16.9. The number of benzene rings is 1. The number of carbonyl (C=O) groups excluding carboxylic acids is 1. The van der Waals surface area contributed by atoms with Gasteiger partial charge in [0, 0.05) is 12.0 Å². The van der Waals surface area contributed by atoms with E-state index in [-0.39, 0.29) is 30.3 Å². The monoisotopic (exact) mass is 310 g/mol. The summed E-state index contributed by atoms with van der Waals surface area (Å²) < 4.78 is 0. The minimum atomic E-state index is 0. The van der Waals surface area contributed by atoms with Gasteiger partial charge in [-0.05, 0) is 64.3 Å². The highest BCUT2D eigenvalue weighted by Gasteiger charge is 2.22. The lowest BCUT2D eigenvalue weighted by molar-refractivity contribution is -0.126. The van der Waals surface area contributed by atoms with Crippen LogP contribution in [0.3, 0.4) is 0 Å². The minimum absolute atomic E-state index is 0. The van der Waals surface area contributed by atoms with Crippen LogP contribution in [0.1, 0.15) is 36.5 Å². The van der Waals surface area contributed by atoms with E-state index in [1.165, 1.54) is 16.7 Å². The molecule has 1 saturated heterocycles. The Morgan fingerprint density at radius 2 is 2.00 bits per heavy atom. The average molecular weight is 311 g/mol. The molecule has 118 valence electrons. The smallest absolute Gasteiger partial charge is 0.223 e. The fourth-order valence-corrected chi connectivity index (χ4v) is 2.90. The summed E-state index contributed by atoms with van der Waals surface area (Å²) >= 11 is 0. The Bertz CT molecular complexity index is 470. The molecule has 1 atom stereocenters. The zero-order chi connectivity index (χ0) is 14.5. The molecule has 1 aliphatic heterocycles. The first-order chi connectivity index (χ1) is 9.56. The summed E-state index contributed by atoms with van der Waals surface area (Å²) in [5, 5.41) is 6.47. The van der Waals surface area contributed by atoms with Crippen LogP contribution in [-0.2, 0) is 11.2 Å². The van der Waals surface area contributed by atoms with Crippen molar-refractivity contribution >= 4 is 18.3 Å². The summed E-state index contributed by atoms with van der Waals surface area (Å²) in [7, 11) is 0. The van der Waals surface area contributed by atoms with E-state index in [1.807, 2.05) is 0 Å². The van der Waals surface area contributed by atoms with Crippen molar-refractivity contribution in [2.75, 3.05) is 13.1 Å². The zero-order valence-corrected chi connectivity index (χ0v) is 14.1. The van der Waals surface area contributed by atoms with Crippen LogP contribution in [-0.4, -0.2) is 25.0 Å². The fraction of sp³-hybridized carbons (Fsp3) is 0.588. The highest BCUT2D eigenvalue weighted by Crippen LogP contribution is 2.15. The first-order valence-corrected chi connectivity index (χ1v) is 7.63. The second-order valence-corrected chi connectivity index (χ2v) is 6.07. The van der Waals surface area contributed by atoms with E-state index in [1.54, 1.807) is 0 Å². The van der Waals surface area contributed by atoms with Gasteiger partial charge in [0.05, 0.1) is 0 Å². The SMILES string of the molecule is Cc1ccc(CC(C)NC(=O)C2CCNCC2)c(C)c1.Cl. The molecule has 21 heavy (non-hydrogen) atoms. The van der Waals surface area contributed by atoms with Crippen molar-refractivity contribution in [3.8, 4) is 0 Å². The van der Waals surface area contributed by atoms with Gasteiger partial charge in [-0.3, -0.25) is 4.79 Å². The van der Waals surface area contributed by atoms with Crippen molar-refractivity contribution < 1.29 is 4.79 Å². The predicted molar refractivity (Wildman–Crippen MR) is 90.1 cm³/mol. The van der Waals surface area contributed by atoms with E-state index >= 15 is 0 Å². The third kappa shape index (κ3) is 5.33. The number of carbonyl (C=O) groups is 1. The standard InChI is InChI=1S/C17H26N2O.ClH/c1-12-4-5-16(13(2)10-12)11-14(3)19-17(20)15-6-8-18-9-7-15;/h4-5,10,14-15,18H,6-9,11H2,1-3H3,(H,19,20);1H. The molecule has 0 radical (unpaired) electrons. The quantitative estimate of drug-likeness (QED) is 0.898. The van der Waals surface area contributed by atoms with Crippen LogP contribution in [0.15, 0.2) is 18.2 Å². The number of hydrogen-bond acceptors (Lipinski definition) is 2. The molecular weight excluding hydrogens is 284 g/mol. The summed E-state index contributed by atoms with van der Waals surface area (Å²) in [6.45, 7) is 8.27. The van der Waals surface area contributed by atoms with E-state index in [0.29, 0.717) is 0 Å². The summed E-state index contributed by atoms with van der Waals surface area (Å²) in [5.74, 6) is 0.418. The van der Waals surface area contributed by atoms with Crippen molar-refractivity contribution in [2.45, 2.75) is 46.1 Å². The number of hydrogen-bond donors (Lipinski definition) is 2. The van der Waals surface area contributed by atoms with Gasteiger partial charge in [0.2, 0.25) is 5.91 Å². The Morgan fingerprint density at radius 1 is 1.33 bits per heavy atom. The van der Waals surface area contributed by atoms with Crippen LogP contribution in [0.25, 0.3) is 0 Å². The minimum Gasteiger partial charge on any atom is -0.353 e. The van der Waals surface area contributed by atoms with Gasteiger partial charge >= 0.3 is 0 Å². The molecule has 0 saturated carbocycles. The molecule has 4 heteroatoms. The van der Waals surface area contributed by atoms with Crippen molar-refractivity contribution in [3.05, 3.63) is 34.9 Å². The second kappa shape index (κ2) is 8.40. The molecule has 1 aliphatic rings. The highest BCUT2D eigenvalue weighted by atomic mass is 35.5. The molecule has 0 aromatic heterocycles. The van der Waals surface area contributed by atoms with Gasteiger partial charge < -0.3 is 10.6 Å². The van der Waals surface area contributed by atoms with Crippen LogP contribution in [0, 0.1) is 19.8 Å². The molecule has 1 aromatic carbocycles. The Kier molecular flexibility index (Phi) is 7.20. The molecule has 1 fully saturated rings. The Hall–Kier alpha value is -1.06. The number of nitrogens with one attached hydrogen (secondary N) is 2. The zero-order valence-electron chi connectivity index (χ0n) is 13.2. The third-order valence-electron chi connectivity index (χ3n) is 4.12. The van der Waals surface area contributed by atoms with Gasteiger partial charge in [0.15, 0.2) is 0 Å².